The van der Waals surface area contributed by atoms with Gasteiger partial charge in [0.2, 0.25) is 0 Å². The van der Waals surface area contributed by atoms with E-state index in [1.165, 1.54) is 18.4 Å². The molecule has 1 fully saturated rings. The number of ether oxygens (including phenoxy) is 1. The quantitative estimate of drug-likeness (QED) is 0.749. The van der Waals surface area contributed by atoms with Gasteiger partial charge in [-0.25, -0.2) is 9.78 Å². The average molecular weight is 257 g/mol. The number of thiazole rings is 1. The summed E-state index contributed by atoms with van der Waals surface area (Å²) in [7, 11) is 1.32. The van der Waals surface area contributed by atoms with Gasteiger partial charge in [0.1, 0.15) is 0 Å². The van der Waals surface area contributed by atoms with Crippen molar-refractivity contribution < 1.29 is 14.6 Å². The molecule has 94 valence electrons. The molecule has 2 rings (SSSR count). The van der Waals surface area contributed by atoms with E-state index in [9.17, 15) is 9.90 Å². The molecular formula is C10H15N3O3S. The van der Waals surface area contributed by atoms with E-state index >= 15 is 0 Å². The van der Waals surface area contributed by atoms with Gasteiger partial charge >= 0.3 is 5.97 Å². The fraction of sp³-hybridized carbons (Fsp3) is 0.600. The molecule has 2 heterocycles. The molecule has 0 bridgehead atoms. The minimum Gasteiger partial charge on any atom is -0.465 e. The molecule has 1 aromatic heterocycles. The van der Waals surface area contributed by atoms with Gasteiger partial charge in [0.05, 0.1) is 13.2 Å². The maximum atomic E-state index is 11.4. The van der Waals surface area contributed by atoms with Crippen molar-refractivity contribution in [3.8, 4) is 0 Å². The van der Waals surface area contributed by atoms with E-state index in [1.807, 2.05) is 4.90 Å². The third kappa shape index (κ3) is 2.50. The van der Waals surface area contributed by atoms with Gasteiger partial charge < -0.3 is 20.5 Å². The summed E-state index contributed by atoms with van der Waals surface area (Å²) < 4.78 is 4.63. The van der Waals surface area contributed by atoms with Gasteiger partial charge in [0.25, 0.3) is 0 Å². The van der Waals surface area contributed by atoms with Crippen molar-refractivity contribution in [1.29, 1.82) is 0 Å². The number of nitrogen functional groups attached to an aromatic ring is 1. The Kier molecular flexibility index (Phi) is 3.49. The Hall–Kier alpha value is -1.34. The number of nitrogens with zero attached hydrogens (tertiary/aromatic N) is 2. The number of methoxy groups -OCH3 is 1. The van der Waals surface area contributed by atoms with Crippen LogP contribution in [0, 0.1) is 0 Å². The van der Waals surface area contributed by atoms with Crippen LogP contribution in [0.2, 0.25) is 0 Å². The Bertz CT molecular complexity index is 413. The normalized spacial score (nSPS) is 17.2. The maximum Gasteiger partial charge on any atom is 0.351 e. The molecule has 7 heteroatoms. The molecule has 0 unspecified atom stereocenters. The summed E-state index contributed by atoms with van der Waals surface area (Å²) in [4.78, 5) is 17.9. The highest BCUT2D eigenvalue weighted by Crippen LogP contribution is 2.30. The first-order chi connectivity index (χ1) is 8.11. The van der Waals surface area contributed by atoms with Crippen molar-refractivity contribution in [3.05, 3.63) is 4.88 Å². The molecule has 0 saturated carbocycles. The molecule has 0 radical (unpaired) electrons. The second-order valence-electron chi connectivity index (χ2n) is 3.92. The Morgan fingerprint density at radius 2 is 2.24 bits per heavy atom. The molecule has 6 nitrogen and oxygen atoms in total. The summed E-state index contributed by atoms with van der Waals surface area (Å²) >= 11 is 1.23. The molecule has 0 spiro atoms. The molecule has 0 aromatic carbocycles. The summed E-state index contributed by atoms with van der Waals surface area (Å²) in [6.45, 7) is 1.46. The van der Waals surface area contributed by atoms with E-state index in [4.69, 9.17) is 5.73 Å². The molecule has 1 saturated heterocycles. The van der Waals surface area contributed by atoms with Crippen LogP contribution in [0.15, 0.2) is 0 Å². The zero-order valence-electron chi connectivity index (χ0n) is 9.55. The molecule has 0 aliphatic carbocycles. The fourth-order valence-corrected chi connectivity index (χ4v) is 2.71. The Balaban J connectivity index is 2.14. The molecule has 1 aliphatic rings. The minimum absolute atomic E-state index is 0.211. The summed E-state index contributed by atoms with van der Waals surface area (Å²) in [6.07, 6.45) is 1.20. The summed E-state index contributed by atoms with van der Waals surface area (Å²) in [5, 5.41) is 10.1. The maximum absolute atomic E-state index is 11.4. The Labute approximate surface area is 103 Å². The largest absolute Gasteiger partial charge is 0.465 e. The van der Waals surface area contributed by atoms with Gasteiger partial charge in [-0.2, -0.15) is 0 Å². The van der Waals surface area contributed by atoms with Crippen molar-refractivity contribution in [1.82, 2.24) is 4.98 Å². The molecule has 17 heavy (non-hydrogen) atoms. The average Bonchev–Trinajstić information content (AvgIpc) is 2.71. The monoisotopic (exact) mass is 257 g/mol. The SMILES string of the molecule is COC(=O)c1sc(N2CCC(O)CC2)nc1N. The van der Waals surface area contributed by atoms with Crippen molar-refractivity contribution in [2.45, 2.75) is 18.9 Å². The highest BCUT2D eigenvalue weighted by Gasteiger charge is 2.23. The third-order valence-corrected chi connectivity index (χ3v) is 3.86. The number of piperidine rings is 1. The lowest BCUT2D eigenvalue weighted by Gasteiger charge is -2.28. The number of aliphatic hydroxyl groups is 1. The lowest BCUT2D eigenvalue weighted by atomic mass is 10.1. The number of carbonyl (C=O) groups excluding carboxylic acids is 1. The van der Waals surface area contributed by atoms with E-state index in [0.717, 1.165) is 18.2 Å². The summed E-state index contributed by atoms with van der Waals surface area (Å²) in [6, 6.07) is 0. The molecule has 0 atom stereocenters. The topological polar surface area (TPSA) is 88.7 Å². The first-order valence-electron chi connectivity index (χ1n) is 5.39. The predicted molar refractivity (Wildman–Crippen MR) is 65.3 cm³/mol. The number of carbonyl (C=O) groups is 1. The van der Waals surface area contributed by atoms with Gasteiger partial charge in [-0.3, -0.25) is 0 Å². The number of hydrogen-bond acceptors (Lipinski definition) is 7. The van der Waals surface area contributed by atoms with Crippen LogP contribution in [0.4, 0.5) is 10.9 Å². The van der Waals surface area contributed by atoms with Crippen molar-refractivity contribution in [2.24, 2.45) is 0 Å². The van der Waals surface area contributed by atoms with Gasteiger partial charge in [-0.1, -0.05) is 11.3 Å². The van der Waals surface area contributed by atoms with Gasteiger partial charge in [-0.05, 0) is 12.8 Å². The fourth-order valence-electron chi connectivity index (χ4n) is 1.75. The number of hydrogen-bond donors (Lipinski definition) is 2. The van der Waals surface area contributed by atoms with Crippen LogP contribution < -0.4 is 10.6 Å². The smallest absolute Gasteiger partial charge is 0.351 e. The van der Waals surface area contributed by atoms with E-state index in [1.54, 1.807) is 0 Å². The van der Waals surface area contributed by atoms with Crippen LogP contribution in [0.3, 0.4) is 0 Å². The van der Waals surface area contributed by atoms with Crippen LogP contribution in [-0.2, 0) is 4.74 Å². The standard InChI is InChI=1S/C10H15N3O3S/c1-16-9(15)7-8(11)12-10(17-7)13-4-2-6(14)3-5-13/h6,14H,2-5,11H2,1H3. The third-order valence-electron chi connectivity index (χ3n) is 2.75. The Morgan fingerprint density at radius 1 is 1.59 bits per heavy atom. The number of esters is 1. The van der Waals surface area contributed by atoms with Crippen LogP contribution in [0.1, 0.15) is 22.5 Å². The van der Waals surface area contributed by atoms with E-state index in [-0.39, 0.29) is 11.9 Å². The summed E-state index contributed by atoms with van der Waals surface area (Å²) in [5.74, 6) is -0.244. The van der Waals surface area contributed by atoms with Gasteiger partial charge in [0.15, 0.2) is 15.8 Å². The minimum atomic E-state index is -0.455. The summed E-state index contributed by atoms with van der Waals surface area (Å²) in [5.41, 5.74) is 5.67. The highest BCUT2D eigenvalue weighted by atomic mass is 32.1. The van der Waals surface area contributed by atoms with E-state index < -0.39 is 5.97 Å². The van der Waals surface area contributed by atoms with Crippen molar-refractivity contribution in [2.75, 3.05) is 30.8 Å². The number of aliphatic hydroxyl groups excluding tert-OH is 1. The zero-order valence-corrected chi connectivity index (χ0v) is 10.4. The molecular weight excluding hydrogens is 242 g/mol. The lowest BCUT2D eigenvalue weighted by Crippen LogP contribution is -2.35. The van der Waals surface area contributed by atoms with Crippen LogP contribution in [-0.4, -0.2) is 42.4 Å². The molecule has 0 amide bonds. The van der Waals surface area contributed by atoms with Crippen molar-refractivity contribution in [3.63, 3.8) is 0 Å². The number of nitrogens with two attached hydrogens (primary N) is 1. The van der Waals surface area contributed by atoms with Crippen LogP contribution >= 0.6 is 11.3 Å². The van der Waals surface area contributed by atoms with Crippen LogP contribution in [0.25, 0.3) is 0 Å². The number of anilines is 2. The number of rotatable bonds is 2. The predicted octanol–water partition coefficient (Wildman–Crippen LogP) is 0.473. The van der Waals surface area contributed by atoms with Crippen molar-refractivity contribution >= 4 is 28.3 Å². The van der Waals surface area contributed by atoms with Crippen LogP contribution in [0.5, 0.6) is 0 Å². The number of aromatic nitrogens is 1. The van der Waals surface area contributed by atoms with Gasteiger partial charge in [-0.15, -0.1) is 0 Å². The molecule has 1 aromatic rings. The highest BCUT2D eigenvalue weighted by molar-refractivity contribution is 7.18. The first kappa shape index (κ1) is 12.1. The molecule has 1 aliphatic heterocycles. The second-order valence-corrected chi connectivity index (χ2v) is 4.90. The first-order valence-corrected chi connectivity index (χ1v) is 6.21. The van der Waals surface area contributed by atoms with E-state index in [0.29, 0.717) is 17.7 Å². The second kappa shape index (κ2) is 4.89. The Morgan fingerprint density at radius 3 is 2.82 bits per heavy atom. The molecule has 3 N–H and O–H groups in total. The lowest BCUT2D eigenvalue weighted by molar-refractivity contribution is 0.0607. The zero-order chi connectivity index (χ0) is 12.4. The van der Waals surface area contributed by atoms with E-state index in [2.05, 4.69) is 9.72 Å². The van der Waals surface area contributed by atoms with Gasteiger partial charge in [0, 0.05) is 13.1 Å².